The second-order valence-corrected chi connectivity index (χ2v) is 3.01. The lowest BCUT2D eigenvalue weighted by molar-refractivity contribution is -0.904. The Bertz CT molecular complexity index is 428. The maximum absolute atomic E-state index is 11.6. The topological polar surface area (TPSA) is 61.5 Å². The van der Waals surface area contributed by atoms with Gasteiger partial charge in [0.05, 0.1) is 5.56 Å². The zero-order valence-electron chi connectivity index (χ0n) is 7.60. The minimum atomic E-state index is -0.351. The van der Waals surface area contributed by atoms with Gasteiger partial charge in [0.2, 0.25) is 12.4 Å². The van der Waals surface area contributed by atoms with E-state index in [1.54, 1.807) is 6.92 Å². The fraction of sp³-hybridized carbons (Fsp3) is 0.222. The van der Waals surface area contributed by atoms with Gasteiger partial charge >= 0.3 is 0 Å². The third kappa shape index (κ3) is 0.985. The molecule has 0 saturated heterocycles. The van der Waals surface area contributed by atoms with Crippen LogP contribution >= 0.6 is 0 Å². The van der Waals surface area contributed by atoms with Crippen LogP contribution in [0.3, 0.4) is 0 Å². The van der Waals surface area contributed by atoms with E-state index in [2.05, 4.69) is 0 Å². The molecule has 14 heavy (non-hydrogen) atoms. The van der Waals surface area contributed by atoms with E-state index >= 15 is 0 Å². The van der Waals surface area contributed by atoms with Gasteiger partial charge < -0.3 is 0 Å². The maximum atomic E-state index is 11.6. The van der Waals surface area contributed by atoms with Crippen LogP contribution in [0.15, 0.2) is 18.5 Å². The Hall–Kier alpha value is -1.91. The highest BCUT2D eigenvalue weighted by Gasteiger charge is 2.36. The second kappa shape index (κ2) is 2.80. The van der Waals surface area contributed by atoms with Crippen LogP contribution in [-0.4, -0.2) is 28.5 Å². The van der Waals surface area contributed by atoms with E-state index in [0.717, 1.165) is 9.63 Å². The van der Waals surface area contributed by atoms with Crippen LogP contribution in [0.1, 0.15) is 27.6 Å². The predicted molar refractivity (Wildman–Crippen MR) is 44.9 cm³/mol. The lowest BCUT2D eigenvalue weighted by Crippen LogP contribution is -2.31. The molecule has 72 valence electrons. The fourth-order valence-electron chi connectivity index (χ4n) is 1.51. The molecule has 5 nitrogen and oxygen atoms in total. The molecular formula is C9H9N2O3+. The smallest absolute Gasteiger partial charge is 0.267 e. The van der Waals surface area contributed by atoms with E-state index in [9.17, 15) is 9.59 Å². The molecule has 0 fully saturated rings. The number of rotatable bonds is 1. The first-order valence-electron chi connectivity index (χ1n) is 4.26. The summed E-state index contributed by atoms with van der Waals surface area (Å²) in [5, 5.41) is 9.09. The van der Waals surface area contributed by atoms with Gasteiger partial charge in [-0.25, -0.2) is 0 Å². The average Bonchev–Trinajstić information content (AvgIpc) is 2.39. The zero-order chi connectivity index (χ0) is 10.3. The van der Waals surface area contributed by atoms with Crippen molar-refractivity contribution < 1.29 is 19.5 Å². The van der Waals surface area contributed by atoms with Gasteiger partial charge in [0.15, 0.2) is 0 Å². The van der Waals surface area contributed by atoms with E-state index in [4.69, 9.17) is 5.21 Å². The Morgan fingerprint density at radius 2 is 2.00 bits per heavy atom. The van der Waals surface area contributed by atoms with Gasteiger partial charge in [-0.1, -0.05) is 0 Å². The quantitative estimate of drug-likeness (QED) is 0.382. The van der Waals surface area contributed by atoms with Crippen molar-refractivity contribution in [3.8, 4) is 0 Å². The molecule has 5 heteroatoms. The first kappa shape index (κ1) is 8.68. The van der Waals surface area contributed by atoms with Crippen LogP contribution in [0.5, 0.6) is 0 Å². The molecule has 0 unspecified atom stereocenters. The monoisotopic (exact) mass is 193 g/mol. The van der Waals surface area contributed by atoms with Crippen molar-refractivity contribution in [3.63, 3.8) is 0 Å². The first-order valence-corrected chi connectivity index (χ1v) is 4.26. The molecule has 1 aliphatic heterocycles. The zero-order valence-corrected chi connectivity index (χ0v) is 7.60. The van der Waals surface area contributed by atoms with E-state index in [1.807, 2.05) is 0 Å². The summed E-state index contributed by atoms with van der Waals surface area (Å²) in [6.45, 7) is 2.08. The van der Waals surface area contributed by atoms with Crippen molar-refractivity contribution in [2.45, 2.75) is 6.92 Å². The lowest BCUT2D eigenvalue weighted by atomic mass is 10.2. The van der Waals surface area contributed by atoms with E-state index in [1.165, 1.54) is 18.5 Å². The molecule has 2 heterocycles. The third-order valence-electron chi connectivity index (χ3n) is 2.21. The summed E-state index contributed by atoms with van der Waals surface area (Å²) in [7, 11) is 0. The molecule has 1 aromatic rings. The molecular weight excluding hydrogens is 184 g/mol. The van der Waals surface area contributed by atoms with Crippen LogP contribution < -0.4 is 4.73 Å². The number of amides is 2. The van der Waals surface area contributed by atoms with Gasteiger partial charge in [0.1, 0.15) is 5.56 Å². The lowest BCUT2D eigenvalue weighted by Gasteiger charge is -2.08. The largest absolute Gasteiger partial charge is 0.285 e. The SMILES string of the molecule is CCN1C(=O)c2cc[n+](O)cc2C1=O. The first-order chi connectivity index (χ1) is 6.65. The maximum Gasteiger partial charge on any atom is 0.267 e. The van der Waals surface area contributed by atoms with Crippen molar-refractivity contribution in [1.29, 1.82) is 0 Å². The summed E-state index contributed by atoms with van der Waals surface area (Å²) in [5.41, 5.74) is 0.601. The number of hydrogen-bond acceptors (Lipinski definition) is 3. The molecule has 2 amide bonds. The van der Waals surface area contributed by atoms with Crippen LogP contribution in [0, 0.1) is 0 Å². The Kier molecular flexibility index (Phi) is 1.73. The van der Waals surface area contributed by atoms with Gasteiger partial charge in [0.25, 0.3) is 11.8 Å². The van der Waals surface area contributed by atoms with Crippen molar-refractivity contribution >= 4 is 11.8 Å². The summed E-state index contributed by atoms with van der Waals surface area (Å²) in [6, 6.07) is 1.44. The summed E-state index contributed by atoms with van der Waals surface area (Å²) in [5.74, 6) is -0.649. The average molecular weight is 193 g/mol. The van der Waals surface area contributed by atoms with E-state index in [-0.39, 0.29) is 17.4 Å². The Labute approximate surface area is 80.1 Å². The standard InChI is InChI=1S/C9H9N2O3/c1-2-11-8(12)6-3-4-10(14)5-7(6)9(11)13/h3-5,14H,2H2,1H3/q+1. The molecule has 0 radical (unpaired) electrons. The molecule has 0 saturated carbocycles. The van der Waals surface area contributed by atoms with Gasteiger partial charge in [0, 0.05) is 17.3 Å². The molecule has 0 spiro atoms. The molecule has 0 aliphatic carbocycles. The molecule has 0 aromatic carbocycles. The molecule has 1 aromatic heterocycles. The summed E-state index contributed by atoms with van der Waals surface area (Å²) < 4.78 is 0.767. The summed E-state index contributed by atoms with van der Waals surface area (Å²) in [4.78, 5) is 24.3. The number of fused-ring (bicyclic) bond motifs is 1. The predicted octanol–water partition coefficient (Wildman–Crippen LogP) is -0.173. The number of carbonyl (C=O) groups excluding carboxylic acids is 2. The highest BCUT2D eigenvalue weighted by Crippen LogP contribution is 2.20. The van der Waals surface area contributed by atoms with Crippen LogP contribution in [0.2, 0.25) is 0 Å². The summed E-state index contributed by atoms with van der Waals surface area (Å²) >= 11 is 0. The van der Waals surface area contributed by atoms with Gasteiger partial charge in [-0.3, -0.25) is 19.7 Å². The highest BCUT2D eigenvalue weighted by molar-refractivity contribution is 6.20. The van der Waals surface area contributed by atoms with Gasteiger partial charge in [-0.05, 0) is 6.92 Å². The number of pyridine rings is 1. The number of carbonyl (C=O) groups is 2. The van der Waals surface area contributed by atoms with E-state index in [0.29, 0.717) is 12.1 Å². The molecule has 1 N–H and O–H groups in total. The third-order valence-corrected chi connectivity index (χ3v) is 2.21. The van der Waals surface area contributed by atoms with Crippen molar-refractivity contribution in [1.82, 2.24) is 4.90 Å². The Morgan fingerprint density at radius 3 is 2.64 bits per heavy atom. The minimum Gasteiger partial charge on any atom is -0.285 e. The number of nitrogens with zero attached hydrogens (tertiary/aromatic N) is 2. The molecule has 1 aliphatic rings. The van der Waals surface area contributed by atoms with Crippen molar-refractivity contribution in [3.05, 3.63) is 29.6 Å². The van der Waals surface area contributed by atoms with Crippen LogP contribution in [0.4, 0.5) is 0 Å². The number of aromatic nitrogens is 1. The second-order valence-electron chi connectivity index (χ2n) is 3.01. The summed E-state index contributed by atoms with van der Waals surface area (Å²) in [6.07, 6.45) is 2.56. The Morgan fingerprint density at radius 1 is 1.36 bits per heavy atom. The number of imide groups is 1. The highest BCUT2D eigenvalue weighted by atomic mass is 16.5. The van der Waals surface area contributed by atoms with Crippen molar-refractivity contribution in [2.75, 3.05) is 6.54 Å². The molecule has 0 atom stereocenters. The number of hydrogen-bond donors (Lipinski definition) is 1. The van der Waals surface area contributed by atoms with Gasteiger partial charge in [-0.2, -0.15) is 0 Å². The van der Waals surface area contributed by atoms with Crippen molar-refractivity contribution in [2.24, 2.45) is 0 Å². The van der Waals surface area contributed by atoms with Crippen LogP contribution in [0.25, 0.3) is 0 Å². The fourth-order valence-corrected chi connectivity index (χ4v) is 1.51. The molecule has 0 bridgehead atoms. The Balaban J connectivity index is 2.58. The van der Waals surface area contributed by atoms with Crippen LogP contribution in [-0.2, 0) is 0 Å². The van der Waals surface area contributed by atoms with Gasteiger partial charge in [-0.15, -0.1) is 0 Å². The van der Waals surface area contributed by atoms with E-state index < -0.39 is 0 Å². The minimum absolute atomic E-state index is 0.252. The normalized spacial score (nSPS) is 14.8. The molecule has 2 rings (SSSR count).